The Morgan fingerprint density at radius 3 is 2.59 bits per heavy atom. The third kappa shape index (κ3) is 4.16. The van der Waals surface area contributed by atoms with Crippen molar-refractivity contribution >= 4 is 46.3 Å². The Balaban J connectivity index is 1.63. The Labute approximate surface area is 186 Å². The Kier molecular flexibility index (Phi) is 5.61. The van der Waals surface area contributed by atoms with Gasteiger partial charge < -0.3 is 9.67 Å². The second-order valence-electron chi connectivity index (χ2n) is 6.80. The molecule has 1 aliphatic rings. The SMILES string of the molecule is CN1C(=O)/C(=C\c2cccn2-c2cccc([N+](=O)[O-])c2)SC1=Nc1ccc(C(=O)O)cc1. The van der Waals surface area contributed by atoms with E-state index in [9.17, 15) is 19.7 Å². The molecule has 4 rings (SSSR count). The molecule has 1 fully saturated rings. The van der Waals surface area contributed by atoms with Crippen LogP contribution in [0.3, 0.4) is 0 Å². The molecule has 1 N–H and O–H groups in total. The maximum absolute atomic E-state index is 12.7. The number of amidine groups is 1. The number of hydrogen-bond acceptors (Lipinski definition) is 6. The standard InChI is InChI=1S/C22H16N4O5S/c1-24-20(27)19(32-22(24)23-15-9-7-14(8-10-15)21(28)29)13-17-6-3-11-25(17)16-4-2-5-18(12-16)26(30)31/h2-13H,1H3,(H,28,29)/b19-13+,23-22?. The Bertz CT molecular complexity index is 1290. The molecule has 0 bridgehead atoms. The minimum Gasteiger partial charge on any atom is -0.478 e. The number of thioether (sulfide) groups is 1. The molecule has 1 aliphatic heterocycles. The minimum atomic E-state index is -1.02. The fourth-order valence-electron chi connectivity index (χ4n) is 3.08. The molecule has 0 atom stereocenters. The lowest BCUT2D eigenvalue weighted by molar-refractivity contribution is -0.384. The number of nitrogens with zero attached hydrogens (tertiary/aromatic N) is 4. The van der Waals surface area contributed by atoms with Gasteiger partial charge in [-0.15, -0.1) is 0 Å². The fourth-order valence-corrected chi connectivity index (χ4v) is 4.05. The van der Waals surface area contributed by atoms with Crippen LogP contribution < -0.4 is 0 Å². The van der Waals surface area contributed by atoms with Gasteiger partial charge in [-0.25, -0.2) is 9.79 Å². The summed E-state index contributed by atoms with van der Waals surface area (Å²) in [5.41, 5.74) is 1.94. The summed E-state index contributed by atoms with van der Waals surface area (Å²) in [6.07, 6.45) is 3.47. The van der Waals surface area contributed by atoms with Crippen molar-refractivity contribution in [3.8, 4) is 5.69 Å². The number of carbonyl (C=O) groups is 2. The molecule has 9 nitrogen and oxygen atoms in total. The molecule has 1 aromatic heterocycles. The number of aromatic nitrogens is 1. The number of benzene rings is 2. The average Bonchev–Trinajstić information content (AvgIpc) is 3.35. The highest BCUT2D eigenvalue weighted by atomic mass is 32.2. The van der Waals surface area contributed by atoms with Crippen molar-refractivity contribution in [2.45, 2.75) is 0 Å². The van der Waals surface area contributed by atoms with Gasteiger partial charge >= 0.3 is 5.97 Å². The van der Waals surface area contributed by atoms with E-state index in [1.54, 1.807) is 60.3 Å². The number of carboxylic acid groups (broad SMARTS) is 1. The van der Waals surface area contributed by atoms with E-state index in [0.717, 1.165) is 0 Å². The quantitative estimate of drug-likeness (QED) is 0.353. The van der Waals surface area contributed by atoms with E-state index in [2.05, 4.69) is 4.99 Å². The van der Waals surface area contributed by atoms with Crippen molar-refractivity contribution < 1.29 is 19.6 Å². The summed E-state index contributed by atoms with van der Waals surface area (Å²) < 4.78 is 1.76. The molecule has 160 valence electrons. The molecule has 10 heteroatoms. The Morgan fingerprint density at radius 1 is 1.16 bits per heavy atom. The number of rotatable bonds is 5. The molecule has 1 saturated heterocycles. The van der Waals surface area contributed by atoms with Crippen molar-refractivity contribution in [1.82, 2.24) is 9.47 Å². The van der Waals surface area contributed by atoms with Crippen LogP contribution >= 0.6 is 11.8 Å². The van der Waals surface area contributed by atoms with Gasteiger partial charge in [0.1, 0.15) is 0 Å². The van der Waals surface area contributed by atoms with Crippen LogP contribution in [-0.4, -0.2) is 43.6 Å². The summed E-state index contributed by atoms with van der Waals surface area (Å²) >= 11 is 1.19. The zero-order valence-electron chi connectivity index (χ0n) is 16.7. The molecule has 0 aliphatic carbocycles. The third-order valence-electron chi connectivity index (χ3n) is 4.72. The van der Waals surface area contributed by atoms with Crippen molar-refractivity contribution in [3.63, 3.8) is 0 Å². The maximum atomic E-state index is 12.7. The topological polar surface area (TPSA) is 118 Å². The van der Waals surface area contributed by atoms with Crippen molar-refractivity contribution in [2.75, 3.05) is 7.05 Å². The molecule has 3 aromatic rings. The fraction of sp³-hybridized carbons (Fsp3) is 0.0455. The summed E-state index contributed by atoms with van der Waals surface area (Å²) in [6, 6.07) is 15.9. The number of nitro benzene ring substituents is 1. The first-order valence-corrected chi connectivity index (χ1v) is 10.2. The zero-order chi connectivity index (χ0) is 22.8. The lowest BCUT2D eigenvalue weighted by Crippen LogP contribution is -2.23. The van der Waals surface area contributed by atoms with Gasteiger partial charge in [0.25, 0.3) is 11.6 Å². The van der Waals surface area contributed by atoms with Gasteiger partial charge in [0.15, 0.2) is 5.17 Å². The van der Waals surface area contributed by atoms with Gasteiger partial charge in [0.05, 0.1) is 26.8 Å². The van der Waals surface area contributed by atoms with Crippen LogP contribution in [0.25, 0.3) is 11.8 Å². The van der Waals surface area contributed by atoms with Gasteiger partial charge in [-0.05, 0) is 60.3 Å². The van der Waals surface area contributed by atoms with E-state index in [1.165, 1.54) is 40.9 Å². The molecule has 2 heterocycles. The number of aliphatic imine (C=N–C) groups is 1. The van der Waals surface area contributed by atoms with Crippen LogP contribution in [0.1, 0.15) is 16.1 Å². The molecular formula is C22H16N4O5S. The highest BCUT2D eigenvalue weighted by Gasteiger charge is 2.30. The van der Waals surface area contributed by atoms with E-state index >= 15 is 0 Å². The van der Waals surface area contributed by atoms with Crippen molar-refractivity contribution in [1.29, 1.82) is 0 Å². The molecule has 0 unspecified atom stereocenters. The monoisotopic (exact) mass is 448 g/mol. The van der Waals surface area contributed by atoms with Gasteiger partial charge in [-0.3, -0.25) is 19.8 Å². The van der Waals surface area contributed by atoms with Crippen LogP contribution in [0.2, 0.25) is 0 Å². The smallest absolute Gasteiger partial charge is 0.335 e. The van der Waals surface area contributed by atoms with E-state index in [0.29, 0.717) is 27.1 Å². The second-order valence-corrected chi connectivity index (χ2v) is 7.81. The summed E-state index contributed by atoms with van der Waals surface area (Å²) in [5.74, 6) is -1.26. The van der Waals surface area contributed by atoms with Crippen molar-refractivity contribution in [2.24, 2.45) is 4.99 Å². The molecule has 1 amide bonds. The van der Waals surface area contributed by atoms with Gasteiger partial charge in [-0.2, -0.15) is 0 Å². The summed E-state index contributed by atoms with van der Waals surface area (Å²) in [5, 5.41) is 20.6. The minimum absolute atomic E-state index is 0.0239. The summed E-state index contributed by atoms with van der Waals surface area (Å²) in [7, 11) is 1.61. The van der Waals surface area contributed by atoms with E-state index in [4.69, 9.17) is 5.11 Å². The zero-order valence-corrected chi connectivity index (χ0v) is 17.5. The number of aromatic carboxylic acids is 1. The highest BCUT2D eigenvalue weighted by Crippen LogP contribution is 2.33. The van der Waals surface area contributed by atoms with Crippen molar-refractivity contribution in [3.05, 3.63) is 93.1 Å². The highest BCUT2D eigenvalue weighted by molar-refractivity contribution is 8.18. The summed E-state index contributed by atoms with van der Waals surface area (Å²) in [6.45, 7) is 0. The summed E-state index contributed by atoms with van der Waals surface area (Å²) in [4.78, 5) is 40.7. The van der Waals surface area contributed by atoms with E-state index < -0.39 is 10.9 Å². The van der Waals surface area contributed by atoms with E-state index in [1.807, 2.05) is 0 Å². The second kappa shape index (κ2) is 8.52. The Morgan fingerprint density at radius 2 is 1.91 bits per heavy atom. The first-order chi connectivity index (χ1) is 15.3. The number of carboxylic acids is 1. The number of hydrogen-bond donors (Lipinski definition) is 1. The molecule has 32 heavy (non-hydrogen) atoms. The normalized spacial score (nSPS) is 16.2. The predicted octanol–water partition coefficient (Wildman–Crippen LogP) is 4.32. The number of non-ortho nitro benzene ring substituents is 1. The van der Waals surface area contributed by atoms with Crippen LogP contribution in [-0.2, 0) is 4.79 Å². The first-order valence-electron chi connectivity index (χ1n) is 9.35. The third-order valence-corrected chi connectivity index (χ3v) is 5.78. The largest absolute Gasteiger partial charge is 0.478 e. The van der Waals surface area contributed by atoms with Gasteiger partial charge in [0.2, 0.25) is 0 Å². The molecular weight excluding hydrogens is 432 g/mol. The van der Waals surface area contributed by atoms with E-state index in [-0.39, 0.29) is 17.2 Å². The Hall–Kier alpha value is -4.18. The van der Waals surface area contributed by atoms with Gasteiger partial charge in [0, 0.05) is 31.1 Å². The molecule has 0 radical (unpaired) electrons. The van der Waals surface area contributed by atoms with Crippen LogP contribution in [0.4, 0.5) is 11.4 Å². The average molecular weight is 448 g/mol. The van der Waals surface area contributed by atoms with Crippen LogP contribution in [0.15, 0.2) is 76.8 Å². The molecule has 0 saturated carbocycles. The molecule has 0 spiro atoms. The van der Waals surface area contributed by atoms with Crippen LogP contribution in [0, 0.1) is 10.1 Å². The first kappa shape index (κ1) is 21.1. The maximum Gasteiger partial charge on any atom is 0.335 e. The lowest BCUT2D eigenvalue weighted by Gasteiger charge is -2.07. The number of nitro groups is 1. The van der Waals surface area contributed by atoms with Crippen LogP contribution in [0.5, 0.6) is 0 Å². The number of amides is 1. The number of likely N-dealkylation sites (N-methyl/N-ethyl adjacent to an activating group) is 1. The molecule has 2 aromatic carbocycles. The van der Waals surface area contributed by atoms with Gasteiger partial charge in [-0.1, -0.05) is 6.07 Å². The number of carbonyl (C=O) groups excluding carboxylic acids is 1. The predicted molar refractivity (Wildman–Crippen MR) is 121 cm³/mol. The lowest BCUT2D eigenvalue weighted by atomic mass is 10.2.